The molecule has 0 unspecified atom stereocenters. The summed E-state index contributed by atoms with van der Waals surface area (Å²) in [7, 11) is 0. The molecule has 0 aliphatic heterocycles. The number of carbonyl (C=O) groups excluding carboxylic acids is 2. The molecule has 0 spiro atoms. The van der Waals surface area contributed by atoms with E-state index in [2.05, 4.69) is 10.6 Å². The maximum absolute atomic E-state index is 12.1. The normalized spacial score (nSPS) is 16.5. The molecule has 0 atom stereocenters. The second-order valence-electron chi connectivity index (χ2n) is 7.59. The highest BCUT2D eigenvalue weighted by molar-refractivity contribution is 5.90. The number of anilines is 1. The van der Waals surface area contributed by atoms with Gasteiger partial charge in [0.05, 0.1) is 12.0 Å². The van der Waals surface area contributed by atoms with E-state index in [0.29, 0.717) is 31.7 Å². The minimum Gasteiger partial charge on any atom is -0.389 e. The van der Waals surface area contributed by atoms with Gasteiger partial charge in [0.1, 0.15) is 0 Å². The molecule has 0 heterocycles. The van der Waals surface area contributed by atoms with Gasteiger partial charge in [0.25, 0.3) is 0 Å². The number of amides is 2. The molecule has 1 aliphatic carbocycles. The number of hydrogen-bond acceptors (Lipinski definition) is 3. The molecule has 1 fully saturated rings. The fourth-order valence-electron chi connectivity index (χ4n) is 3.29. The second kappa shape index (κ2) is 8.99. The Morgan fingerprint density at radius 2 is 1.88 bits per heavy atom. The van der Waals surface area contributed by atoms with Crippen molar-refractivity contribution in [1.82, 2.24) is 5.32 Å². The Morgan fingerprint density at radius 1 is 1.16 bits per heavy atom. The summed E-state index contributed by atoms with van der Waals surface area (Å²) in [6, 6.07) is 7.48. The summed E-state index contributed by atoms with van der Waals surface area (Å²) in [5.41, 5.74) is 0.823. The van der Waals surface area contributed by atoms with E-state index in [1.807, 2.05) is 38.1 Å². The standard InChI is InChI=1S/C20H30N2O3/c1-15(2)11-18(23)22-17-8-6-7-16(12-17)14-21-19(24)13-20(25)9-4-3-5-10-20/h6-8,12,15,25H,3-5,9-11,13-14H2,1-2H3,(H,21,24)(H,22,23). The number of carbonyl (C=O) groups is 2. The van der Waals surface area contributed by atoms with Crippen LogP contribution >= 0.6 is 0 Å². The Labute approximate surface area is 150 Å². The predicted octanol–water partition coefficient (Wildman–Crippen LogP) is 3.37. The Morgan fingerprint density at radius 3 is 2.56 bits per heavy atom. The third-order valence-electron chi connectivity index (χ3n) is 4.57. The second-order valence-corrected chi connectivity index (χ2v) is 7.59. The summed E-state index contributed by atoms with van der Waals surface area (Å²) >= 11 is 0. The highest BCUT2D eigenvalue weighted by Crippen LogP contribution is 2.30. The molecule has 5 heteroatoms. The van der Waals surface area contributed by atoms with Crippen LogP contribution in [0.1, 0.15) is 64.4 Å². The zero-order valence-corrected chi connectivity index (χ0v) is 15.3. The van der Waals surface area contributed by atoms with Crippen LogP contribution in [-0.4, -0.2) is 22.5 Å². The van der Waals surface area contributed by atoms with Crippen molar-refractivity contribution in [3.8, 4) is 0 Å². The first-order valence-corrected chi connectivity index (χ1v) is 9.24. The topological polar surface area (TPSA) is 78.4 Å². The van der Waals surface area contributed by atoms with Gasteiger partial charge >= 0.3 is 0 Å². The lowest BCUT2D eigenvalue weighted by Gasteiger charge is -2.31. The van der Waals surface area contributed by atoms with Crippen molar-refractivity contribution in [3.63, 3.8) is 0 Å². The molecule has 0 radical (unpaired) electrons. The first kappa shape index (κ1) is 19.4. The maximum Gasteiger partial charge on any atom is 0.224 e. The average molecular weight is 346 g/mol. The van der Waals surface area contributed by atoms with Gasteiger partial charge in [-0.05, 0) is 36.5 Å². The summed E-state index contributed by atoms with van der Waals surface area (Å²) in [5, 5.41) is 16.2. The van der Waals surface area contributed by atoms with Gasteiger partial charge in [-0.3, -0.25) is 9.59 Å². The smallest absolute Gasteiger partial charge is 0.224 e. The lowest BCUT2D eigenvalue weighted by atomic mass is 9.82. The van der Waals surface area contributed by atoms with Crippen LogP contribution in [0.5, 0.6) is 0 Å². The first-order valence-electron chi connectivity index (χ1n) is 9.24. The van der Waals surface area contributed by atoms with E-state index in [1.165, 1.54) is 0 Å². The fraction of sp³-hybridized carbons (Fsp3) is 0.600. The molecule has 0 saturated heterocycles. The molecule has 1 saturated carbocycles. The van der Waals surface area contributed by atoms with Crippen molar-refractivity contribution in [1.29, 1.82) is 0 Å². The average Bonchev–Trinajstić information content (AvgIpc) is 2.52. The molecule has 2 rings (SSSR count). The molecule has 5 nitrogen and oxygen atoms in total. The Bertz CT molecular complexity index is 592. The van der Waals surface area contributed by atoms with Gasteiger partial charge in [-0.15, -0.1) is 0 Å². The van der Waals surface area contributed by atoms with E-state index in [1.54, 1.807) is 0 Å². The Kier molecular flexibility index (Phi) is 7.00. The minimum atomic E-state index is -0.838. The third-order valence-corrected chi connectivity index (χ3v) is 4.57. The van der Waals surface area contributed by atoms with Crippen LogP contribution in [-0.2, 0) is 16.1 Å². The lowest BCUT2D eigenvalue weighted by molar-refractivity contribution is -0.127. The molecule has 1 aromatic rings. The third kappa shape index (κ3) is 6.86. The van der Waals surface area contributed by atoms with Gasteiger partial charge < -0.3 is 15.7 Å². The van der Waals surface area contributed by atoms with Crippen molar-refractivity contribution in [2.24, 2.45) is 5.92 Å². The number of rotatable bonds is 7. The van der Waals surface area contributed by atoms with E-state index >= 15 is 0 Å². The summed E-state index contributed by atoms with van der Waals surface area (Å²) < 4.78 is 0. The maximum atomic E-state index is 12.1. The van der Waals surface area contributed by atoms with Crippen molar-refractivity contribution in [3.05, 3.63) is 29.8 Å². The molecule has 0 aromatic heterocycles. The van der Waals surface area contributed by atoms with Gasteiger partial charge in [-0.2, -0.15) is 0 Å². The van der Waals surface area contributed by atoms with Crippen LogP contribution in [0.4, 0.5) is 5.69 Å². The molecule has 3 N–H and O–H groups in total. The number of aliphatic hydroxyl groups is 1. The zero-order chi connectivity index (χ0) is 18.3. The number of nitrogens with one attached hydrogen (secondary N) is 2. The summed E-state index contributed by atoms with van der Waals surface area (Å²) in [6.45, 7) is 4.40. The van der Waals surface area contributed by atoms with E-state index in [0.717, 1.165) is 30.5 Å². The minimum absolute atomic E-state index is 0.00398. The summed E-state index contributed by atoms with van der Waals surface area (Å²) in [4.78, 5) is 24.0. The lowest BCUT2D eigenvalue weighted by Crippen LogP contribution is -2.38. The predicted molar refractivity (Wildman–Crippen MR) is 99.0 cm³/mol. The van der Waals surface area contributed by atoms with Gasteiger partial charge in [0, 0.05) is 18.7 Å². The zero-order valence-electron chi connectivity index (χ0n) is 15.3. The quantitative estimate of drug-likeness (QED) is 0.708. The van der Waals surface area contributed by atoms with Crippen molar-refractivity contribution in [2.75, 3.05) is 5.32 Å². The van der Waals surface area contributed by atoms with Crippen LogP contribution in [0, 0.1) is 5.92 Å². The molecule has 1 aromatic carbocycles. The van der Waals surface area contributed by atoms with Gasteiger partial charge in [0.2, 0.25) is 11.8 Å². The SMILES string of the molecule is CC(C)CC(=O)Nc1cccc(CNC(=O)CC2(O)CCCCC2)c1. The largest absolute Gasteiger partial charge is 0.389 e. The fourth-order valence-corrected chi connectivity index (χ4v) is 3.29. The van der Waals surface area contributed by atoms with E-state index in [9.17, 15) is 14.7 Å². The van der Waals surface area contributed by atoms with Crippen LogP contribution < -0.4 is 10.6 Å². The summed E-state index contributed by atoms with van der Waals surface area (Å²) in [5.74, 6) is 0.183. The first-order chi connectivity index (χ1) is 11.9. The van der Waals surface area contributed by atoms with E-state index < -0.39 is 5.60 Å². The molecule has 138 valence electrons. The molecule has 25 heavy (non-hydrogen) atoms. The van der Waals surface area contributed by atoms with Gasteiger partial charge in [0.15, 0.2) is 0 Å². The van der Waals surface area contributed by atoms with Gasteiger partial charge in [-0.25, -0.2) is 0 Å². The highest BCUT2D eigenvalue weighted by atomic mass is 16.3. The van der Waals surface area contributed by atoms with Crippen molar-refractivity contribution in [2.45, 2.75) is 70.9 Å². The van der Waals surface area contributed by atoms with E-state index in [4.69, 9.17) is 0 Å². The van der Waals surface area contributed by atoms with Crippen LogP contribution in [0.15, 0.2) is 24.3 Å². The van der Waals surface area contributed by atoms with Crippen LogP contribution in [0.2, 0.25) is 0 Å². The van der Waals surface area contributed by atoms with Crippen molar-refractivity contribution >= 4 is 17.5 Å². The molecule has 2 amide bonds. The summed E-state index contributed by atoms with van der Waals surface area (Å²) in [6.07, 6.45) is 5.18. The number of hydrogen-bond donors (Lipinski definition) is 3. The Balaban J connectivity index is 1.83. The molecule has 0 bridgehead atoms. The molecular weight excluding hydrogens is 316 g/mol. The monoisotopic (exact) mass is 346 g/mol. The van der Waals surface area contributed by atoms with Crippen LogP contribution in [0.3, 0.4) is 0 Å². The molecule has 1 aliphatic rings. The Hall–Kier alpha value is -1.88. The molecular formula is C20H30N2O3. The van der Waals surface area contributed by atoms with Crippen molar-refractivity contribution < 1.29 is 14.7 Å². The van der Waals surface area contributed by atoms with E-state index in [-0.39, 0.29) is 18.2 Å². The number of benzene rings is 1. The highest BCUT2D eigenvalue weighted by Gasteiger charge is 2.31. The van der Waals surface area contributed by atoms with Crippen LogP contribution in [0.25, 0.3) is 0 Å². The van der Waals surface area contributed by atoms with Gasteiger partial charge in [-0.1, -0.05) is 45.2 Å².